The summed E-state index contributed by atoms with van der Waals surface area (Å²) in [5, 5.41) is 14.8. The number of carbonyl (C=O) groups is 3. The van der Waals surface area contributed by atoms with Gasteiger partial charge in [-0.2, -0.15) is 0 Å². The molecule has 0 radical (unpaired) electrons. The van der Waals surface area contributed by atoms with E-state index in [-0.39, 0.29) is 30.3 Å². The van der Waals surface area contributed by atoms with Gasteiger partial charge >= 0.3 is 12.1 Å². The van der Waals surface area contributed by atoms with Gasteiger partial charge < -0.3 is 20.5 Å². The van der Waals surface area contributed by atoms with E-state index >= 15 is 0 Å². The van der Waals surface area contributed by atoms with Gasteiger partial charge in [0.05, 0.1) is 0 Å². The second-order valence-electron chi connectivity index (χ2n) is 9.95. The van der Waals surface area contributed by atoms with Crippen molar-refractivity contribution in [1.29, 1.82) is 0 Å². The summed E-state index contributed by atoms with van der Waals surface area (Å²) in [5.41, 5.74) is 4.05. The number of carboxylic acids is 1. The zero-order valence-corrected chi connectivity index (χ0v) is 19.1. The molecule has 1 fully saturated rings. The van der Waals surface area contributed by atoms with Crippen LogP contribution in [0.1, 0.15) is 44.2 Å². The van der Waals surface area contributed by atoms with Gasteiger partial charge in [0.1, 0.15) is 12.6 Å². The molecule has 7 nitrogen and oxygen atoms in total. The van der Waals surface area contributed by atoms with E-state index in [0.717, 1.165) is 11.1 Å². The van der Waals surface area contributed by atoms with Gasteiger partial charge in [-0.05, 0) is 40.0 Å². The molecular formula is C26H30N2O5. The monoisotopic (exact) mass is 450 g/mol. The normalized spacial score (nSPS) is 19.7. The van der Waals surface area contributed by atoms with E-state index in [1.807, 2.05) is 24.3 Å². The number of rotatable bonds is 7. The highest BCUT2D eigenvalue weighted by molar-refractivity contribution is 5.87. The quantitative estimate of drug-likeness (QED) is 0.596. The minimum absolute atomic E-state index is 0.00653. The molecule has 2 aliphatic rings. The van der Waals surface area contributed by atoms with Crippen molar-refractivity contribution >= 4 is 18.0 Å². The summed E-state index contributed by atoms with van der Waals surface area (Å²) in [6.07, 6.45) is 0.104. The topological polar surface area (TPSA) is 105 Å². The molecule has 0 spiro atoms. The number of fused-ring (bicyclic) bond motifs is 3. The summed E-state index contributed by atoms with van der Waals surface area (Å²) >= 11 is 0. The fourth-order valence-corrected chi connectivity index (χ4v) is 4.56. The fraction of sp³-hybridized carbons (Fsp3) is 0.423. The molecule has 3 N–H and O–H groups in total. The molecule has 0 saturated heterocycles. The van der Waals surface area contributed by atoms with Gasteiger partial charge in [0.25, 0.3) is 0 Å². The first-order valence-electron chi connectivity index (χ1n) is 11.3. The van der Waals surface area contributed by atoms with Crippen LogP contribution in [0.5, 0.6) is 0 Å². The third kappa shape index (κ3) is 4.87. The van der Waals surface area contributed by atoms with E-state index in [2.05, 4.69) is 34.9 Å². The Morgan fingerprint density at radius 1 is 1.03 bits per heavy atom. The maximum Gasteiger partial charge on any atom is 0.407 e. The predicted molar refractivity (Wildman–Crippen MR) is 124 cm³/mol. The zero-order valence-electron chi connectivity index (χ0n) is 19.1. The van der Waals surface area contributed by atoms with Crippen LogP contribution in [0.25, 0.3) is 11.1 Å². The summed E-state index contributed by atoms with van der Waals surface area (Å²) in [7, 11) is 0. The van der Waals surface area contributed by atoms with Crippen molar-refractivity contribution in [3.63, 3.8) is 0 Å². The van der Waals surface area contributed by atoms with Gasteiger partial charge in [-0.15, -0.1) is 0 Å². The number of nitrogens with one attached hydrogen (secondary N) is 2. The smallest absolute Gasteiger partial charge is 0.407 e. The summed E-state index contributed by atoms with van der Waals surface area (Å²) in [4.78, 5) is 36.2. The average molecular weight is 451 g/mol. The Balaban J connectivity index is 1.26. The number of alkyl carbamates (subject to hydrolysis) is 1. The summed E-state index contributed by atoms with van der Waals surface area (Å²) in [6, 6.07) is 15.3. The molecule has 2 aromatic carbocycles. The Kier molecular flexibility index (Phi) is 6.15. The van der Waals surface area contributed by atoms with Crippen LogP contribution in [0.4, 0.5) is 4.79 Å². The van der Waals surface area contributed by atoms with Gasteiger partial charge in [0.15, 0.2) is 0 Å². The molecule has 1 saturated carbocycles. The van der Waals surface area contributed by atoms with E-state index in [9.17, 15) is 19.5 Å². The first-order valence-corrected chi connectivity index (χ1v) is 11.3. The molecule has 3 atom stereocenters. The Morgan fingerprint density at radius 3 is 2.15 bits per heavy atom. The largest absolute Gasteiger partial charge is 0.480 e. The molecule has 2 aromatic rings. The lowest BCUT2D eigenvalue weighted by molar-refractivity contribution is -0.145. The van der Waals surface area contributed by atoms with Crippen LogP contribution < -0.4 is 10.6 Å². The molecule has 0 aliphatic heterocycles. The number of benzene rings is 2. The average Bonchev–Trinajstić information content (AvgIpc) is 3.48. The van der Waals surface area contributed by atoms with Gasteiger partial charge in [-0.25, -0.2) is 9.59 Å². The Labute approximate surface area is 193 Å². The first kappa shape index (κ1) is 22.8. The van der Waals surface area contributed by atoms with E-state index in [1.165, 1.54) is 11.1 Å². The number of amides is 2. The van der Waals surface area contributed by atoms with E-state index in [1.54, 1.807) is 20.8 Å². The minimum Gasteiger partial charge on any atom is -0.480 e. The van der Waals surface area contributed by atoms with Crippen molar-refractivity contribution in [2.24, 2.45) is 17.3 Å². The van der Waals surface area contributed by atoms with Crippen molar-refractivity contribution in [3.05, 3.63) is 59.7 Å². The number of hydrogen-bond acceptors (Lipinski definition) is 4. The highest BCUT2D eigenvalue weighted by atomic mass is 16.5. The van der Waals surface area contributed by atoms with Crippen molar-refractivity contribution in [3.8, 4) is 11.1 Å². The van der Waals surface area contributed by atoms with Crippen LogP contribution in [0.2, 0.25) is 0 Å². The lowest BCUT2D eigenvalue weighted by atomic mass is 9.86. The Bertz CT molecular complexity index is 1030. The van der Waals surface area contributed by atoms with Crippen LogP contribution in [0.15, 0.2) is 48.5 Å². The SMILES string of the molecule is CC(C)(C)[C@@H](NC(=O)[C@@H]1C[C@@H]1CNC(=O)OCC1c2ccccc2-c2ccccc21)C(=O)O. The van der Waals surface area contributed by atoms with Gasteiger partial charge in [0, 0.05) is 18.4 Å². The van der Waals surface area contributed by atoms with Gasteiger partial charge in [-0.3, -0.25) is 4.79 Å². The summed E-state index contributed by atoms with van der Waals surface area (Å²) < 4.78 is 5.53. The van der Waals surface area contributed by atoms with Crippen LogP contribution in [-0.2, 0) is 14.3 Å². The molecule has 33 heavy (non-hydrogen) atoms. The third-order valence-corrected chi connectivity index (χ3v) is 6.51. The minimum atomic E-state index is -1.05. The van der Waals surface area contributed by atoms with Crippen LogP contribution in [-0.4, -0.2) is 42.3 Å². The molecule has 7 heteroatoms. The number of hydrogen-bond donors (Lipinski definition) is 3. The second kappa shape index (κ2) is 8.89. The van der Waals surface area contributed by atoms with Crippen LogP contribution in [0.3, 0.4) is 0 Å². The van der Waals surface area contributed by atoms with Crippen LogP contribution >= 0.6 is 0 Å². The first-order chi connectivity index (χ1) is 15.7. The van der Waals surface area contributed by atoms with Crippen LogP contribution in [0, 0.1) is 17.3 Å². The highest BCUT2D eigenvalue weighted by Crippen LogP contribution is 2.44. The number of aliphatic carboxylic acids is 1. The summed E-state index contributed by atoms with van der Waals surface area (Å²) in [5.74, 6) is -1.64. The molecule has 0 unspecified atom stereocenters. The molecule has 2 amide bonds. The molecular weight excluding hydrogens is 420 g/mol. The second-order valence-corrected chi connectivity index (χ2v) is 9.95. The Hall–Kier alpha value is -3.35. The molecule has 4 rings (SSSR count). The van der Waals surface area contributed by atoms with Gasteiger partial charge in [-0.1, -0.05) is 69.3 Å². The maximum atomic E-state index is 12.4. The van der Waals surface area contributed by atoms with E-state index in [0.29, 0.717) is 13.0 Å². The molecule has 0 aromatic heterocycles. The van der Waals surface area contributed by atoms with E-state index in [4.69, 9.17) is 4.74 Å². The number of carboxylic acid groups (broad SMARTS) is 1. The number of carbonyl (C=O) groups excluding carboxylic acids is 2. The molecule has 2 aliphatic carbocycles. The van der Waals surface area contributed by atoms with Crippen molar-refractivity contribution in [2.75, 3.05) is 13.2 Å². The molecule has 0 heterocycles. The maximum absolute atomic E-state index is 12.4. The van der Waals surface area contributed by atoms with Crippen molar-refractivity contribution < 1.29 is 24.2 Å². The van der Waals surface area contributed by atoms with E-state index < -0.39 is 23.5 Å². The third-order valence-electron chi connectivity index (χ3n) is 6.51. The van der Waals surface area contributed by atoms with Crippen molar-refractivity contribution in [2.45, 2.75) is 39.2 Å². The number of ether oxygens (including phenoxy) is 1. The lowest BCUT2D eigenvalue weighted by Crippen LogP contribution is -2.49. The zero-order chi connectivity index (χ0) is 23.8. The predicted octanol–water partition coefficient (Wildman–Crippen LogP) is 3.78. The lowest BCUT2D eigenvalue weighted by Gasteiger charge is -2.27. The molecule has 0 bridgehead atoms. The fourth-order valence-electron chi connectivity index (χ4n) is 4.56. The standard InChI is InChI=1S/C26H30N2O5/c1-26(2,3)22(24(30)31)28-23(29)20-12-15(20)13-27-25(32)33-14-21-18-10-6-4-8-16(18)17-9-5-7-11-19(17)21/h4-11,15,20-22H,12-14H2,1-3H3,(H,27,32)(H,28,29)(H,30,31)/t15-,20-,22+/m1/s1. The summed E-state index contributed by atoms with van der Waals surface area (Å²) in [6.45, 7) is 5.88. The molecule has 174 valence electrons. The Morgan fingerprint density at radius 2 is 1.61 bits per heavy atom. The van der Waals surface area contributed by atoms with Crippen molar-refractivity contribution in [1.82, 2.24) is 10.6 Å². The van der Waals surface area contributed by atoms with Gasteiger partial charge in [0.2, 0.25) is 5.91 Å². The highest BCUT2D eigenvalue weighted by Gasteiger charge is 2.45.